The molecule has 1 aromatic heterocycles. The van der Waals surface area contributed by atoms with Crippen LogP contribution in [0.25, 0.3) is 16.6 Å². The molecule has 4 rings (SSSR count). The largest absolute Gasteiger partial charge is 0.300 e. The predicted molar refractivity (Wildman–Crippen MR) is 109 cm³/mol. The second-order valence-electron chi connectivity index (χ2n) is 5.73. The number of hydrogen-bond donors (Lipinski definition) is 1. The van der Waals surface area contributed by atoms with E-state index in [1.165, 1.54) is 35.6 Å². The zero-order chi connectivity index (χ0) is 20.4. The molecule has 0 aliphatic carbocycles. The van der Waals surface area contributed by atoms with Gasteiger partial charge in [-0.15, -0.1) is 10.2 Å². The van der Waals surface area contributed by atoms with E-state index in [9.17, 15) is 19.3 Å². The molecule has 1 fully saturated rings. The topological polar surface area (TPSA) is 110 Å². The number of thioether (sulfide) groups is 1. The van der Waals surface area contributed by atoms with E-state index >= 15 is 0 Å². The number of rotatable bonds is 4. The second-order valence-corrected chi connectivity index (χ2v) is 7.71. The number of aliphatic imine (C=N–C) groups is 1. The third-order valence-corrected chi connectivity index (χ3v) is 5.53. The van der Waals surface area contributed by atoms with Crippen molar-refractivity contribution in [2.24, 2.45) is 4.99 Å². The summed E-state index contributed by atoms with van der Waals surface area (Å²) in [5.41, 5.74) is 1.35. The maximum absolute atomic E-state index is 13.0. The quantitative estimate of drug-likeness (QED) is 0.381. The van der Waals surface area contributed by atoms with Crippen LogP contribution >= 0.6 is 23.1 Å². The average Bonchev–Trinajstić information content (AvgIpc) is 3.30. The molecule has 0 unspecified atom stereocenters. The van der Waals surface area contributed by atoms with Crippen molar-refractivity contribution in [2.45, 2.75) is 0 Å². The van der Waals surface area contributed by atoms with Crippen LogP contribution in [0.2, 0.25) is 0 Å². The summed E-state index contributed by atoms with van der Waals surface area (Å²) in [6.07, 6.45) is 1.62. The molecule has 1 amide bonds. The molecule has 2 heterocycles. The highest BCUT2D eigenvalue weighted by atomic mass is 32.2. The Morgan fingerprint density at radius 3 is 2.52 bits per heavy atom. The summed E-state index contributed by atoms with van der Waals surface area (Å²) in [6.45, 7) is 0. The molecule has 0 atom stereocenters. The summed E-state index contributed by atoms with van der Waals surface area (Å²) in [5.74, 6) is -0.661. The van der Waals surface area contributed by atoms with E-state index in [2.05, 4.69) is 20.5 Å². The first-order chi connectivity index (χ1) is 14.0. The first-order valence-electron chi connectivity index (χ1n) is 8.11. The van der Waals surface area contributed by atoms with Crippen LogP contribution in [0.15, 0.2) is 58.4 Å². The molecule has 11 heteroatoms. The molecule has 1 aliphatic heterocycles. The highest BCUT2D eigenvalue weighted by Crippen LogP contribution is 2.32. The van der Waals surface area contributed by atoms with Crippen molar-refractivity contribution < 1.29 is 14.1 Å². The normalized spacial score (nSPS) is 16.4. The molecule has 1 N–H and O–H groups in total. The van der Waals surface area contributed by atoms with Gasteiger partial charge in [0.15, 0.2) is 5.17 Å². The molecule has 144 valence electrons. The number of nitrogens with zero attached hydrogens (tertiary/aromatic N) is 4. The number of halogens is 1. The molecular formula is C18H10FN5O3S2. The Morgan fingerprint density at radius 2 is 1.83 bits per heavy atom. The third kappa shape index (κ3) is 4.36. The van der Waals surface area contributed by atoms with Gasteiger partial charge in [-0.2, -0.15) is 4.99 Å². The molecule has 2 aromatic carbocycles. The lowest BCUT2D eigenvalue weighted by Crippen LogP contribution is -2.19. The maximum atomic E-state index is 13.0. The van der Waals surface area contributed by atoms with Crippen LogP contribution in [0.5, 0.6) is 0 Å². The van der Waals surface area contributed by atoms with Gasteiger partial charge in [-0.1, -0.05) is 11.3 Å². The van der Waals surface area contributed by atoms with Gasteiger partial charge in [0, 0.05) is 17.7 Å². The molecule has 1 aliphatic rings. The number of amidine groups is 1. The van der Waals surface area contributed by atoms with Crippen molar-refractivity contribution in [2.75, 3.05) is 0 Å². The van der Waals surface area contributed by atoms with Crippen LogP contribution in [0.1, 0.15) is 5.56 Å². The minimum atomic E-state index is -0.485. The lowest BCUT2D eigenvalue weighted by atomic mass is 10.2. The van der Waals surface area contributed by atoms with Crippen LogP contribution in [0.3, 0.4) is 0 Å². The number of aromatic nitrogens is 2. The molecule has 0 radical (unpaired) electrons. The van der Waals surface area contributed by atoms with Crippen LogP contribution in [-0.2, 0) is 4.79 Å². The fraction of sp³-hybridized carbons (Fsp3) is 0. The Labute approximate surface area is 171 Å². The standard InChI is InChI=1S/C18H10FN5O3S2/c19-12-5-3-11(4-6-12)16-22-23-18(29-16)21-17-20-15(25)14(28-17)9-10-1-7-13(8-2-10)24(26)27/h1-9H,(H,20,21,23,25)/b14-9-. The molecule has 1 saturated heterocycles. The zero-order valence-corrected chi connectivity index (χ0v) is 16.0. The Balaban J connectivity index is 1.51. The summed E-state index contributed by atoms with van der Waals surface area (Å²) in [7, 11) is 0. The average molecular weight is 427 g/mol. The first-order valence-corrected chi connectivity index (χ1v) is 9.75. The lowest BCUT2D eigenvalue weighted by Gasteiger charge is -1.95. The van der Waals surface area contributed by atoms with Gasteiger partial charge in [0.25, 0.3) is 11.6 Å². The minimum Gasteiger partial charge on any atom is -0.300 e. The number of nitro groups is 1. The Hall–Kier alpha value is -3.44. The Morgan fingerprint density at radius 1 is 1.10 bits per heavy atom. The summed E-state index contributed by atoms with van der Waals surface area (Å²) in [4.78, 5) is 27.1. The predicted octanol–water partition coefficient (Wildman–Crippen LogP) is 4.14. The number of benzene rings is 2. The lowest BCUT2D eigenvalue weighted by molar-refractivity contribution is -0.384. The van der Waals surface area contributed by atoms with Crippen LogP contribution in [-0.4, -0.2) is 26.2 Å². The number of carbonyl (C=O) groups excluding carboxylic acids is 1. The van der Waals surface area contributed by atoms with E-state index in [4.69, 9.17) is 0 Å². The molecule has 0 saturated carbocycles. The highest BCUT2D eigenvalue weighted by molar-refractivity contribution is 8.18. The van der Waals surface area contributed by atoms with E-state index in [-0.39, 0.29) is 17.4 Å². The van der Waals surface area contributed by atoms with Crippen molar-refractivity contribution in [3.05, 3.63) is 74.9 Å². The van der Waals surface area contributed by atoms with Crippen molar-refractivity contribution in [3.8, 4) is 10.6 Å². The van der Waals surface area contributed by atoms with Gasteiger partial charge < -0.3 is 5.32 Å². The maximum Gasteiger partial charge on any atom is 0.269 e. The number of carbonyl (C=O) groups is 1. The molecule has 8 nitrogen and oxygen atoms in total. The smallest absolute Gasteiger partial charge is 0.269 e. The van der Waals surface area contributed by atoms with E-state index in [1.54, 1.807) is 30.3 Å². The van der Waals surface area contributed by atoms with Crippen molar-refractivity contribution >= 4 is 51.1 Å². The van der Waals surface area contributed by atoms with Crippen molar-refractivity contribution in [1.29, 1.82) is 0 Å². The number of hydrogen-bond acceptors (Lipinski definition) is 8. The fourth-order valence-electron chi connectivity index (χ4n) is 2.38. The molecule has 3 aromatic rings. The zero-order valence-electron chi connectivity index (χ0n) is 14.4. The van der Waals surface area contributed by atoms with Gasteiger partial charge >= 0.3 is 0 Å². The highest BCUT2D eigenvalue weighted by Gasteiger charge is 2.24. The second kappa shape index (κ2) is 7.89. The van der Waals surface area contributed by atoms with E-state index in [0.29, 0.717) is 25.8 Å². The van der Waals surface area contributed by atoms with Gasteiger partial charge in [-0.25, -0.2) is 4.39 Å². The number of amides is 1. The first kappa shape index (κ1) is 18.9. The van der Waals surface area contributed by atoms with E-state index in [1.807, 2.05) is 0 Å². The van der Waals surface area contributed by atoms with Gasteiger partial charge in [0.1, 0.15) is 10.8 Å². The van der Waals surface area contributed by atoms with Crippen molar-refractivity contribution in [3.63, 3.8) is 0 Å². The van der Waals surface area contributed by atoms with E-state index in [0.717, 1.165) is 17.3 Å². The summed E-state index contributed by atoms with van der Waals surface area (Å²) >= 11 is 2.34. The van der Waals surface area contributed by atoms with E-state index < -0.39 is 4.92 Å². The SMILES string of the molecule is O=C1N/C(=N\c2nnc(-c3ccc(F)cc3)s2)S/C1=C\c1ccc([N+](=O)[O-])cc1. The van der Waals surface area contributed by atoms with Crippen LogP contribution < -0.4 is 5.32 Å². The fourth-order valence-corrected chi connectivity index (χ4v) is 3.99. The minimum absolute atomic E-state index is 0.0221. The summed E-state index contributed by atoms with van der Waals surface area (Å²) < 4.78 is 13.0. The number of nitro benzene ring substituents is 1. The molecule has 0 bridgehead atoms. The molecule has 29 heavy (non-hydrogen) atoms. The Bertz CT molecular complexity index is 1160. The van der Waals surface area contributed by atoms with Crippen molar-refractivity contribution in [1.82, 2.24) is 15.5 Å². The van der Waals surface area contributed by atoms with Crippen LogP contribution in [0, 0.1) is 15.9 Å². The van der Waals surface area contributed by atoms with Crippen LogP contribution in [0.4, 0.5) is 15.2 Å². The monoisotopic (exact) mass is 427 g/mol. The Kier molecular flexibility index (Phi) is 5.14. The van der Waals surface area contributed by atoms with Gasteiger partial charge in [0.05, 0.1) is 9.83 Å². The summed E-state index contributed by atoms with van der Waals surface area (Å²) in [6, 6.07) is 11.7. The molecule has 0 spiro atoms. The number of nitrogens with one attached hydrogen (secondary N) is 1. The third-order valence-electron chi connectivity index (χ3n) is 3.76. The van der Waals surface area contributed by atoms with Gasteiger partial charge in [-0.05, 0) is 59.8 Å². The van der Waals surface area contributed by atoms with Gasteiger partial charge in [0.2, 0.25) is 5.13 Å². The van der Waals surface area contributed by atoms with Gasteiger partial charge in [-0.3, -0.25) is 14.9 Å². The number of non-ortho nitro benzene ring substituents is 1. The summed E-state index contributed by atoms with van der Waals surface area (Å²) in [5, 5.41) is 22.7. The molecular weight excluding hydrogens is 417 g/mol.